The molecule has 5 nitrogen and oxygen atoms in total. The van der Waals surface area contributed by atoms with Crippen LogP contribution in [0.4, 0.5) is 13.2 Å². The number of rotatable bonds is 8. The van der Waals surface area contributed by atoms with Gasteiger partial charge < -0.3 is 9.47 Å². The highest BCUT2D eigenvalue weighted by atomic mass is 32.2. The van der Waals surface area contributed by atoms with Crippen LogP contribution in [0.3, 0.4) is 0 Å². The molecule has 0 radical (unpaired) electrons. The summed E-state index contributed by atoms with van der Waals surface area (Å²) < 4.78 is 62.4. The number of esters is 1. The Morgan fingerprint density at radius 2 is 1.97 bits per heavy atom. The van der Waals surface area contributed by atoms with Crippen molar-refractivity contribution in [2.24, 2.45) is 0 Å². The molecule has 1 aromatic carbocycles. The Labute approximate surface area is 171 Å². The summed E-state index contributed by atoms with van der Waals surface area (Å²) in [5.41, 5.74) is 0.929. The normalized spacial score (nSPS) is 20.2. The van der Waals surface area contributed by atoms with Gasteiger partial charge in [-0.25, -0.2) is 8.93 Å². The number of halogens is 3. The third kappa shape index (κ3) is 6.44. The number of hydrogen-bond donors (Lipinski definition) is 1. The molecular formula is C20H28F3NO4S. The maximum atomic E-state index is 12.8. The second-order valence-corrected chi connectivity index (χ2v) is 10.2. The SMILES string of the molecule is COC(=O)C[C@@]1(N[S@](=O)C(C)(C)C)CCc2cc(OCCCC(F)(F)F)ccc21. The number of hydrogen-bond acceptors (Lipinski definition) is 4. The highest BCUT2D eigenvalue weighted by molar-refractivity contribution is 7.84. The molecule has 0 spiro atoms. The first kappa shape index (κ1) is 23.7. The van der Waals surface area contributed by atoms with E-state index >= 15 is 0 Å². The van der Waals surface area contributed by atoms with E-state index in [1.54, 1.807) is 18.2 Å². The lowest BCUT2D eigenvalue weighted by atomic mass is 9.89. The summed E-state index contributed by atoms with van der Waals surface area (Å²) in [5.74, 6) is 0.0699. The lowest BCUT2D eigenvalue weighted by Gasteiger charge is -2.33. The van der Waals surface area contributed by atoms with Gasteiger partial charge in [0.05, 0.1) is 41.4 Å². The number of methoxy groups -OCH3 is 1. The molecule has 2 rings (SSSR count). The van der Waals surface area contributed by atoms with Gasteiger partial charge in [-0.3, -0.25) is 4.79 Å². The average Bonchev–Trinajstić information content (AvgIpc) is 2.94. The zero-order valence-electron chi connectivity index (χ0n) is 17.1. The number of nitrogens with one attached hydrogen (secondary N) is 1. The number of ether oxygens (including phenoxy) is 2. The fraction of sp³-hybridized carbons (Fsp3) is 0.650. The molecule has 0 fully saturated rings. The molecule has 0 saturated heterocycles. The van der Waals surface area contributed by atoms with Crippen molar-refractivity contribution < 1.29 is 31.6 Å². The summed E-state index contributed by atoms with van der Waals surface area (Å²) in [6.45, 7) is 5.50. The third-order valence-corrected chi connectivity index (χ3v) is 6.49. The van der Waals surface area contributed by atoms with Gasteiger partial charge in [-0.15, -0.1) is 0 Å². The van der Waals surface area contributed by atoms with E-state index in [4.69, 9.17) is 9.47 Å². The van der Waals surface area contributed by atoms with Gasteiger partial charge in [0.2, 0.25) is 0 Å². The maximum absolute atomic E-state index is 12.8. The molecule has 0 heterocycles. The molecule has 0 unspecified atom stereocenters. The number of aryl methyl sites for hydroxylation is 1. The van der Waals surface area contributed by atoms with Gasteiger partial charge in [-0.05, 0) is 63.3 Å². The predicted molar refractivity (Wildman–Crippen MR) is 105 cm³/mol. The van der Waals surface area contributed by atoms with Gasteiger partial charge in [0, 0.05) is 6.42 Å². The Bertz CT molecular complexity index is 761. The zero-order chi connectivity index (χ0) is 21.9. The molecule has 0 aliphatic heterocycles. The van der Waals surface area contributed by atoms with Gasteiger partial charge >= 0.3 is 12.1 Å². The van der Waals surface area contributed by atoms with E-state index in [-0.39, 0.29) is 19.4 Å². The third-order valence-electron chi connectivity index (χ3n) is 4.80. The zero-order valence-corrected chi connectivity index (χ0v) is 18.0. The monoisotopic (exact) mass is 435 g/mol. The summed E-state index contributed by atoms with van der Waals surface area (Å²) in [4.78, 5) is 12.1. The summed E-state index contributed by atoms with van der Waals surface area (Å²) in [6.07, 6.45) is -3.98. The standard InChI is InChI=1S/C20H28F3NO4S/c1-18(2,3)29(26)24-19(13-17(25)27-4)10-8-14-12-15(6-7-16(14)19)28-11-5-9-20(21,22)23/h6-7,12,24H,5,8-11,13H2,1-4H3/t19-,29+/m0/s1. The first-order valence-electron chi connectivity index (χ1n) is 9.46. The fourth-order valence-corrected chi connectivity index (χ4v) is 4.20. The lowest BCUT2D eigenvalue weighted by Crippen LogP contribution is -2.48. The quantitative estimate of drug-likeness (QED) is 0.492. The molecule has 29 heavy (non-hydrogen) atoms. The van der Waals surface area contributed by atoms with E-state index in [1.165, 1.54) is 7.11 Å². The van der Waals surface area contributed by atoms with Gasteiger partial charge in [-0.1, -0.05) is 6.07 Å². The summed E-state index contributed by atoms with van der Waals surface area (Å²) >= 11 is 0. The minimum Gasteiger partial charge on any atom is -0.494 e. The van der Waals surface area contributed by atoms with Crippen molar-refractivity contribution >= 4 is 17.0 Å². The lowest BCUT2D eigenvalue weighted by molar-refractivity contribution is -0.142. The molecule has 0 saturated carbocycles. The van der Waals surface area contributed by atoms with Crippen molar-refractivity contribution in [1.29, 1.82) is 0 Å². The first-order chi connectivity index (χ1) is 13.4. The van der Waals surface area contributed by atoms with Crippen molar-refractivity contribution in [2.75, 3.05) is 13.7 Å². The molecule has 1 aromatic rings. The molecule has 0 aromatic heterocycles. The molecule has 164 valence electrons. The van der Waals surface area contributed by atoms with Crippen molar-refractivity contribution in [3.8, 4) is 5.75 Å². The predicted octanol–water partition coefficient (Wildman–Crippen LogP) is 4.16. The molecule has 0 bridgehead atoms. The Morgan fingerprint density at radius 3 is 2.55 bits per heavy atom. The van der Waals surface area contributed by atoms with E-state index in [0.29, 0.717) is 18.6 Å². The van der Waals surface area contributed by atoms with E-state index in [9.17, 15) is 22.2 Å². The topological polar surface area (TPSA) is 64.6 Å². The van der Waals surface area contributed by atoms with Crippen LogP contribution in [0.1, 0.15) is 57.6 Å². The van der Waals surface area contributed by atoms with Crippen molar-refractivity contribution in [3.05, 3.63) is 29.3 Å². The second-order valence-electron chi connectivity index (χ2n) is 8.20. The van der Waals surface area contributed by atoms with E-state index in [1.807, 2.05) is 20.8 Å². The summed E-state index contributed by atoms with van der Waals surface area (Å²) in [5, 5.41) is 0. The van der Waals surface area contributed by atoms with Crippen LogP contribution in [0, 0.1) is 0 Å². The number of fused-ring (bicyclic) bond motifs is 1. The maximum Gasteiger partial charge on any atom is 0.389 e. The smallest absolute Gasteiger partial charge is 0.389 e. The first-order valence-corrected chi connectivity index (χ1v) is 10.6. The van der Waals surface area contributed by atoms with Crippen LogP contribution < -0.4 is 9.46 Å². The van der Waals surface area contributed by atoms with Crippen LogP contribution in [-0.2, 0) is 32.5 Å². The molecule has 9 heteroatoms. The van der Waals surface area contributed by atoms with Crippen LogP contribution in [0.15, 0.2) is 18.2 Å². The average molecular weight is 436 g/mol. The Morgan fingerprint density at radius 1 is 1.28 bits per heavy atom. The van der Waals surface area contributed by atoms with Crippen molar-refractivity contribution in [1.82, 2.24) is 4.72 Å². The van der Waals surface area contributed by atoms with Crippen LogP contribution >= 0.6 is 0 Å². The van der Waals surface area contributed by atoms with E-state index < -0.39 is 39.8 Å². The van der Waals surface area contributed by atoms with E-state index in [2.05, 4.69) is 4.72 Å². The minimum atomic E-state index is -4.19. The molecule has 1 aliphatic rings. The Hall–Kier alpha value is -1.61. The number of carbonyl (C=O) groups is 1. The largest absolute Gasteiger partial charge is 0.494 e. The van der Waals surface area contributed by atoms with Crippen LogP contribution in [0.5, 0.6) is 5.75 Å². The second kappa shape index (κ2) is 9.04. The Kier molecular flexibility index (Phi) is 7.37. The van der Waals surface area contributed by atoms with Gasteiger partial charge in [-0.2, -0.15) is 13.2 Å². The molecule has 1 N–H and O–H groups in total. The molecule has 1 aliphatic carbocycles. The number of alkyl halides is 3. The Balaban J connectivity index is 2.19. The molecule has 2 atom stereocenters. The van der Waals surface area contributed by atoms with Gasteiger partial charge in [0.15, 0.2) is 0 Å². The summed E-state index contributed by atoms with van der Waals surface area (Å²) in [6, 6.07) is 5.24. The molecule has 0 amide bonds. The minimum absolute atomic E-state index is 0.0299. The fourth-order valence-electron chi connectivity index (χ4n) is 3.25. The highest BCUT2D eigenvalue weighted by Gasteiger charge is 2.43. The summed E-state index contributed by atoms with van der Waals surface area (Å²) in [7, 11) is -0.0977. The highest BCUT2D eigenvalue weighted by Crippen LogP contribution is 2.42. The van der Waals surface area contributed by atoms with Crippen LogP contribution in [-0.4, -0.2) is 34.8 Å². The van der Waals surface area contributed by atoms with Crippen LogP contribution in [0.25, 0.3) is 0 Å². The number of benzene rings is 1. The van der Waals surface area contributed by atoms with Crippen LogP contribution in [0.2, 0.25) is 0 Å². The number of carbonyl (C=O) groups excluding carboxylic acids is 1. The van der Waals surface area contributed by atoms with Crippen molar-refractivity contribution in [2.45, 2.75) is 69.3 Å². The molecular weight excluding hydrogens is 407 g/mol. The van der Waals surface area contributed by atoms with Gasteiger partial charge in [0.1, 0.15) is 5.75 Å². The van der Waals surface area contributed by atoms with Gasteiger partial charge in [0.25, 0.3) is 0 Å². The van der Waals surface area contributed by atoms with E-state index in [0.717, 1.165) is 11.1 Å². The van der Waals surface area contributed by atoms with Crippen molar-refractivity contribution in [3.63, 3.8) is 0 Å².